The van der Waals surface area contributed by atoms with E-state index in [4.69, 9.17) is 9.47 Å². The van der Waals surface area contributed by atoms with Crippen LogP contribution in [-0.2, 0) is 11.3 Å². The number of rotatable bonds is 7. The number of methoxy groups -OCH3 is 1. The van der Waals surface area contributed by atoms with Crippen LogP contribution in [0, 0.1) is 5.82 Å². The third-order valence-electron chi connectivity index (χ3n) is 7.01. The number of nitrogens with one attached hydrogen (secondary N) is 1. The second-order valence-electron chi connectivity index (χ2n) is 9.16. The molecule has 0 unspecified atom stereocenters. The second kappa shape index (κ2) is 9.25. The van der Waals surface area contributed by atoms with Gasteiger partial charge in [0.15, 0.2) is 5.82 Å². The Labute approximate surface area is 204 Å². The first-order valence-electron chi connectivity index (χ1n) is 11.9. The number of nitrogens with zero attached hydrogens (tertiary/aromatic N) is 6. The van der Waals surface area contributed by atoms with Gasteiger partial charge in [0.25, 0.3) is 0 Å². The molecule has 2 saturated heterocycles. The van der Waals surface area contributed by atoms with E-state index >= 15 is 0 Å². The molecule has 2 fully saturated rings. The van der Waals surface area contributed by atoms with E-state index in [-0.39, 0.29) is 23.9 Å². The number of fused-ring (bicyclic) bond motifs is 2. The van der Waals surface area contributed by atoms with Gasteiger partial charge >= 0.3 is 0 Å². The predicted molar refractivity (Wildman–Crippen MR) is 127 cm³/mol. The quantitative estimate of drug-likeness (QED) is 0.417. The normalized spacial score (nSPS) is 21.2. The molecule has 5 heterocycles. The summed E-state index contributed by atoms with van der Waals surface area (Å²) in [7, 11) is 1.49. The van der Waals surface area contributed by atoms with E-state index in [1.54, 1.807) is 27.4 Å². The highest BCUT2D eigenvalue weighted by Crippen LogP contribution is 2.34. The molecule has 0 amide bonds. The van der Waals surface area contributed by atoms with Gasteiger partial charge < -0.3 is 19.4 Å². The number of alkyl halides is 2. The number of piperidine rings is 1. The van der Waals surface area contributed by atoms with Gasteiger partial charge in [0.2, 0.25) is 11.8 Å². The number of benzene rings is 1. The van der Waals surface area contributed by atoms with Crippen LogP contribution in [0.25, 0.3) is 27.7 Å². The van der Waals surface area contributed by atoms with Crippen molar-refractivity contribution in [3.63, 3.8) is 0 Å². The summed E-state index contributed by atoms with van der Waals surface area (Å²) in [6.07, 6.45) is 2.69. The third kappa shape index (κ3) is 3.94. The molecule has 2 aliphatic rings. The standard InChI is InChI=1S/C24H26F3N7O2/c1-35-23-22-16(14-8-17(26)21-20(9-14)33(7-4-25)13-28-21)2-6-34(22)31-24(30-23)29-19-3-5-32(10-18(19)27)15-11-36-12-15/h2,6,8-9,13,15,18-19H,3-5,7,10-12H2,1H3,(H,29,31)/t18-,19+/m1/s1. The Kier molecular flexibility index (Phi) is 5.92. The lowest BCUT2D eigenvalue weighted by atomic mass is 10.0. The monoisotopic (exact) mass is 501 g/mol. The number of ether oxygens (including phenoxy) is 2. The van der Waals surface area contributed by atoms with Crippen LogP contribution in [0.3, 0.4) is 0 Å². The number of hydrogen-bond donors (Lipinski definition) is 1. The van der Waals surface area contributed by atoms with Crippen LogP contribution in [0.1, 0.15) is 6.42 Å². The molecule has 0 spiro atoms. The number of imidazole rings is 1. The summed E-state index contributed by atoms with van der Waals surface area (Å²) in [5, 5.41) is 7.65. The number of anilines is 1. The minimum atomic E-state index is -1.08. The van der Waals surface area contributed by atoms with Gasteiger partial charge in [-0.3, -0.25) is 4.90 Å². The number of halogens is 3. The topological polar surface area (TPSA) is 81.7 Å². The Balaban J connectivity index is 1.31. The maximum atomic E-state index is 14.9. The zero-order valence-corrected chi connectivity index (χ0v) is 19.7. The largest absolute Gasteiger partial charge is 0.479 e. The van der Waals surface area contributed by atoms with E-state index in [9.17, 15) is 13.2 Å². The zero-order chi connectivity index (χ0) is 24.8. The summed E-state index contributed by atoms with van der Waals surface area (Å²) >= 11 is 0. The maximum absolute atomic E-state index is 14.9. The van der Waals surface area contributed by atoms with E-state index < -0.39 is 24.7 Å². The van der Waals surface area contributed by atoms with Crippen molar-refractivity contribution in [2.45, 2.75) is 31.2 Å². The molecule has 9 nitrogen and oxygen atoms in total. The highest BCUT2D eigenvalue weighted by Gasteiger charge is 2.35. The minimum Gasteiger partial charge on any atom is -0.479 e. The van der Waals surface area contributed by atoms with Crippen molar-refractivity contribution < 1.29 is 22.6 Å². The summed E-state index contributed by atoms with van der Waals surface area (Å²) in [6, 6.07) is 4.80. The number of hydrogen-bond acceptors (Lipinski definition) is 7. The van der Waals surface area contributed by atoms with Crippen molar-refractivity contribution in [1.29, 1.82) is 0 Å². The molecule has 6 rings (SSSR count). The molecule has 2 aliphatic heterocycles. The molecular formula is C24H26F3N7O2. The van der Waals surface area contributed by atoms with Crippen LogP contribution in [0.5, 0.6) is 5.88 Å². The number of aryl methyl sites for hydroxylation is 1. The first kappa shape index (κ1) is 23.0. The highest BCUT2D eigenvalue weighted by molar-refractivity contribution is 5.90. The lowest BCUT2D eigenvalue weighted by Crippen LogP contribution is -2.57. The van der Waals surface area contributed by atoms with E-state index in [2.05, 4.69) is 25.3 Å². The summed E-state index contributed by atoms with van der Waals surface area (Å²) < 4.78 is 56.7. The van der Waals surface area contributed by atoms with E-state index in [0.29, 0.717) is 54.4 Å². The van der Waals surface area contributed by atoms with Gasteiger partial charge in [-0.05, 0) is 30.2 Å². The summed E-state index contributed by atoms with van der Waals surface area (Å²) in [5.41, 5.74) is 2.42. The Morgan fingerprint density at radius 1 is 1.28 bits per heavy atom. The van der Waals surface area contributed by atoms with E-state index in [0.717, 1.165) is 6.54 Å². The molecule has 190 valence electrons. The van der Waals surface area contributed by atoms with Gasteiger partial charge in [0.05, 0.1) is 50.8 Å². The van der Waals surface area contributed by atoms with Gasteiger partial charge in [-0.1, -0.05) is 0 Å². The molecule has 2 atom stereocenters. The SMILES string of the molecule is COc1nc(N[C@H]2CCN(C3COC3)C[C@H]2F)nn2ccc(-c3cc(F)c4ncn(CCF)c4c3)c12. The molecule has 36 heavy (non-hydrogen) atoms. The minimum absolute atomic E-state index is 0.0836. The molecule has 1 N–H and O–H groups in total. The summed E-state index contributed by atoms with van der Waals surface area (Å²) in [6.45, 7) is 1.93. The average Bonchev–Trinajstić information content (AvgIpc) is 3.44. The molecular weight excluding hydrogens is 475 g/mol. The van der Waals surface area contributed by atoms with Gasteiger partial charge in [-0.25, -0.2) is 22.7 Å². The summed E-state index contributed by atoms with van der Waals surface area (Å²) in [5.74, 6) is 0.00777. The van der Waals surface area contributed by atoms with Crippen LogP contribution in [-0.4, -0.2) is 87.4 Å². The van der Waals surface area contributed by atoms with Crippen molar-refractivity contribution in [2.24, 2.45) is 0 Å². The molecule has 1 aromatic carbocycles. The highest BCUT2D eigenvalue weighted by atomic mass is 19.1. The predicted octanol–water partition coefficient (Wildman–Crippen LogP) is 3.09. The average molecular weight is 502 g/mol. The Hall–Kier alpha value is -3.38. The first-order valence-corrected chi connectivity index (χ1v) is 11.9. The van der Waals surface area contributed by atoms with E-state index in [1.807, 2.05) is 0 Å². The maximum Gasteiger partial charge on any atom is 0.244 e. The lowest BCUT2D eigenvalue weighted by Gasteiger charge is -2.42. The van der Waals surface area contributed by atoms with Gasteiger partial charge in [-0.15, -0.1) is 5.10 Å². The van der Waals surface area contributed by atoms with E-state index in [1.165, 1.54) is 19.5 Å². The molecule has 0 radical (unpaired) electrons. The smallest absolute Gasteiger partial charge is 0.244 e. The molecule has 0 aliphatic carbocycles. The van der Waals surface area contributed by atoms with Crippen molar-refractivity contribution in [2.75, 3.05) is 45.4 Å². The molecule has 0 bridgehead atoms. The fraction of sp³-hybridized carbons (Fsp3) is 0.458. The van der Waals surface area contributed by atoms with Crippen molar-refractivity contribution in [3.05, 3.63) is 36.5 Å². The van der Waals surface area contributed by atoms with Crippen LogP contribution < -0.4 is 10.1 Å². The van der Waals surface area contributed by atoms with Crippen LogP contribution in [0.2, 0.25) is 0 Å². The van der Waals surface area contributed by atoms with Gasteiger partial charge in [-0.2, -0.15) is 4.98 Å². The molecule has 12 heteroatoms. The van der Waals surface area contributed by atoms with Crippen LogP contribution >= 0.6 is 0 Å². The fourth-order valence-electron chi connectivity index (χ4n) is 5.00. The molecule has 3 aromatic heterocycles. The third-order valence-corrected chi connectivity index (χ3v) is 7.01. The number of likely N-dealkylation sites (tertiary alicyclic amines) is 1. The molecule has 0 saturated carbocycles. The number of aromatic nitrogens is 5. The van der Waals surface area contributed by atoms with Crippen molar-refractivity contribution in [3.8, 4) is 17.0 Å². The van der Waals surface area contributed by atoms with Crippen molar-refractivity contribution >= 4 is 22.5 Å². The Morgan fingerprint density at radius 2 is 2.14 bits per heavy atom. The van der Waals surface area contributed by atoms with Crippen LogP contribution in [0.4, 0.5) is 19.1 Å². The van der Waals surface area contributed by atoms with Gasteiger partial charge in [0.1, 0.15) is 23.9 Å². The zero-order valence-electron chi connectivity index (χ0n) is 19.7. The lowest BCUT2D eigenvalue weighted by molar-refractivity contribution is -0.0794. The summed E-state index contributed by atoms with van der Waals surface area (Å²) in [4.78, 5) is 10.7. The fourth-order valence-corrected chi connectivity index (χ4v) is 5.00. The Bertz CT molecular complexity index is 1400. The van der Waals surface area contributed by atoms with Gasteiger partial charge in [0, 0.05) is 24.8 Å². The van der Waals surface area contributed by atoms with Crippen molar-refractivity contribution in [1.82, 2.24) is 29.0 Å². The molecule has 4 aromatic rings. The second-order valence-corrected chi connectivity index (χ2v) is 9.16. The van der Waals surface area contributed by atoms with Crippen LogP contribution in [0.15, 0.2) is 30.7 Å². The first-order chi connectivity index (χ1) is 17.6. The Morgan fingerprint density at radius 3 is 2.86 bits per heavy atom.